The lowest BCUT2D eigenvalue weighted by Gasteiger charge is -2.31. The highest BCUT2D eigenvalue weighted by molar-refractivity contribution is 5.94. The van der Waals surface area contributed by atoms with Gasteiger partial charge < -0.3 is 10.2 Å². The Morgan fingerprint density at radius 3 is 2.88 bits per heavy atom. The third-order valence-electron chi connectivity index (χ3n) is 4.76. The van der Waals surface area contributed by atoms with E-state index < -0.39 is 4.92 Å². The van der Waals surface area contributed by atoms with E-state index in [1.165, 1.54) is 17.3 Å². The highest BCUT2D eigenvalue weighted by Gasteiger charge is 2.17. The number of nitrogens with one attached hydrogen (secondary N) is 1. The van der Waals surface area contributed by atoms with Crippen LogP contribution in [0.4, 0.5) is 11.4 Å². The lowest BCUT2D eigenvalue weighted by Crippen LogP contribution is -2.33. The van der Waals surface area contributed by atoms with Crippen molar-refractivity contribution in [3.8, 4) is 0 Å². The number of nitro benzene ring substituents is 1. The van der Waals surface area contributed by atoms with Crippen LogP contribution in [0, 0.1) is 17.0 Å². The standard InChI is InChI=1S/C20H23N3O3/c1-15-9-10-17(14-19(15)23(25)26)20(24)21-11-5-13-22-12-4-7-16-6-2-3-8-18(16)22/h2-3,6,8-10,14H,4-5,7,11-13H2,1H3,(H,21,24). The van der Waals surface area contributed by atoms with Crippen molar-refractivity contribution in [2.45, 2.75) is 26.2 Å². The molecule has 1 amide bonds. The highest BCUT2D eigenvalue weighted by atomic mass is 16.6. The number of aryl methyl sites for hydroxylation is 2. The van der Waals surface area contributed by atoms with Gasteiger partial charge in [-0.25, -0.2) is 0 Å². The number of fused-ring (bicyclic) bond motifs is 1. The Morgan fingerprint density at radius 1 is 1.27 bits per heavy atom. The van der Waals surface area contributed by atoms with Crippen molar-refractivity contribution in [3.63, 3.8) is 0 Å². The Hall–Kier alpha value is -2.89. The Balaban J connectivity index is 1.52. The van der Waals surface area contributed by atoms with Gasteiger partial charge in [-0.05, 0) is 43.9 Å². The highest BCUT2D eigenvalue weighted by Crippen LogP contribution is 2.26. The smallest absolute Gasteiger partial charge is 0.273 e. The summed E-state index contributed by atoms with van der Waals surface area (Å²) >= 11 is 0. The number of nitro groups is 1. The average molecular weight is 353 g/mol. The number of para-hydroxylation sites is 1. The minimum absolute atomic E-state index is 0.0254. The van der Waals surface area contributed by atoms with Crippen LogP contribution >= 0.6 is 0 Å². The van der Waals surface area contributed by atoms with Gasteiger partial charge in [-0.2, -0.15) is 0 Å². The number of benzene rings is 2. The second-order valence-corrected chi connectivity index (χ2v) is 6.59. The molecule has 0 saturated heterocycles. The number of carbonyl (C=O) groups is 1. The van der Waals surface area contributed by atoms with Crippen molar-refractivity contribution in [2.75, 3.05) is 24.5 Å². The molecule has 1 heterocycles. The number of rotatable bonds is 6. The van der Waals surface area contributed by atoms with E-state index in [1.807, 2.05) is 0 Å². The summed E-state index contributed by atoms with van der Waals surface area (Å²) in [5.74, 6) is -0.271. The maximum absolute atomic E-state index is 12.2. The topological polar surface area (TPSA) is 75.5 Å². The van der Waals surface area contributed by atoms with Crippen LogP contribution in [0.2, 0.25) is 0 Å². The van der Waals surface area contributed by atoms with Gasteiger partial charge in [0.15, 0.2) is 0 Å². The zero-order valence-corrected chi connectivity index (χ0v) is 14.9. The minimum Gasteiger partial charge on any atom is -0.371 e. The van der Waals surface area contributed by atoms with Crippen LogP contribution in [-0.4, -0.2) is 30.5 Å². The quantitative estimate of drug-likeness (QED) is 0.490. The third-order valence-corrected chi connectivity index (χ3v) is 4.76. The van der Waals surface area contributed by atoms with E-state index in [0.29, 0.717) is 17.7 Å². The SMILES string of the molecule is Cc1ccc(C(=O)NCCCN2CCCc3ccccc32)cc1[N+](=O)[O-]. The van der Waals surface area contributed by atoms with E-state index in [2.05, 4.69) is 34.5 Å². The summed E-state index contributed by atoms with van der Waals surface area (Å²) in [7, 11) is 0. The normalized spacial score (nSPS) is 13.2. The van der Waals surface area contributed by atoms with Crippen LogP contribution in [0.25, 0.3) is 0 Å². The van der Waals surface area contributed by atoms with Gasteiger partial charge in [0, 0.05) is 42.5 Å². The molecule has 1 aliphatic rings. The Kier molecular flexibility index (Phi) is 5.51. The average Bonchev–Trinajstić information content (AvgIpc) is 2.65. The number of hydrogen-bond donors (Lipinski definition) is 1. The first kappa shape index (κ1) is 17.9. The predicted octanol–water partition coefficient (Wildman–Crippen LogP) is 3.48. The summed E-state index contributed by atoms with van der Waals surface area (Å²) in [6.45, 7) is 4.12. The molecule has 6 nitrogen and oxygen atoms in total. The summed E-state index contributed by atoms with van der Waals surface area (Å²) in [5.41, 5.74) is 3.53. The number of hydrogen-bond acceptors (Lipinski definition) is 4. The maximum Gasteiger partial charge on any atom is 0.273 e. The van der Waals surface area contributed by atoms with Crippen molar-refractivity contribution in [1.29, 1.82) is 0 Å². The fourth-order valence-corrected chi connectivity index (χ4v) is 3.37. The van der Waals surface area contributed by atoms with Gasteiger partial charge in [-0.3, -0.25) is 14.9 Å². The lowest BCUT2D eigenvalue weighted by molar-refractivity contribution is -0.385. The van der Waals surface area contributed by atoms with Crippen LogP contribution in [0.1, 0.15) is 34.3 Å². The molecule has 3 rings (SSSR count). The molecule has 2 aromatic carbocycles. The monoisotopic (exact) mass is 353 g/mol. The predicted molar refractivity (Wildman–Crippen MR) is 102 cm³/mol. The van der Waals surface area contributed by atoms with E-state index in [9.17, 15) is 14.9 Å². The second kappa shape index (κ2) is 7.99. The Bertz CT molecular complexity index is 820. The fourth-order valence-electron chi connectivity index (χ4n) is 3.37. The molecule has 0 bridgehead atoms. The van der Waals surface area contributed by atoms with Crippen LogP contribution in [0.15, 0.2) is 42.5 Å². The number of anilines is 1. The van der Waals surface area contributed by atoms with E-state index >= 15 is 0 Å². The molecule has 0 atom stereocenters. The zero-order valence-electron chi connectivity index (χ0n) is 14.9. The molecule has 136 valence electrons. The molecule has 0 fully saturated rings. The summed E-state index contributed by atoms with van der Waals surface area (Å²) < 4.78 is 0. The molecule has 0 aliphatic carbocycles. The van der Waals surface area contributed by atoms with Crippen molar-refractivity contribution >= 4 is 17.3 Å². The van der Waals surface area contributed by atoms with Gasteiger partial charge in [0.05, 0.1) is 4.92 Å². The van der Waals surface area contributed by atoms with E-state index in [4.69, 9.17) is 0 Å². The van der Waals surface area contributed by atoms with Gasteiger partial charge in [0.2, 0.25) is 0 Å². The first-order chi connectivity index (χ1) is 12.6. The Morgan fingerprint density at radius 2 is 2.08 bits per heavy atom. The first-order valence-corrected chi connectivity index (χ1v) is 8.92. The zero-order chi connectivity index (χ0) is 18.5. The molecular formula is C20H23N3O3. The largest absolute Gasteiger partial charge is 0.371 e. The van der Waals surface area contributed by atoms with Crippen LogP contribution in [0.5, 0.6) is 0 Å². The summed E-state index contributed by atoms with van der Waals surface area (Å²) in [6.07, 6.45) is 3.10. The summed E-state index contributed by atoms with van der Waals surface area (Å²) in [5, 5.41) is 13.9. The van der Waals surface area contributed by atoms with Crippen molar-refractivity contribution < 1.29 is 9.72 Å². The van der Waals surface area contributed by atoms with Crippen molar-refractivity contribution in [3.05, 3.63) is 69.3 Å². The molecule has 0 saturated carbocycles. The number of nitrogens with zero attached hydrogens (tertiary/aromatic N) is 2. The number of carbonyl (C=O) groups excluding carboxylic acids is 1. The summed E-state index contributed by atoms with van der Waals surface area (Å²) in [6, 6.07) is 13.0. The molecule has 0 unspecified atom stereocenters. The molecule has 6 heteroatoms. The van der Waals surface area contributed by atoms with Crippen molar-refractivity contribution in [2.24, 2.45) is 0 Å². The van der Waals surface area contributed by atoms with Crippen LogP contribution < -0.4 is 10.2 Å². The van der Waals surface area contributed by atoms with Crippen molar-refractivity contribution in [1.82, 2.24) is 5.32 Å². The molecule has 0 spiro atoms. The van der Waals surface area contributed by atoms with Gasteiger partial charge >= 0.3 is 0 Å². The van der Waals surface area contributed by atoms with Gasteiger partial charge in [0.25, 0.3) is 11.6 Å². The molecule has 26 heavy (non-hydrogen) atoms. The van der Waals surface area contributed by atoms with Gasteiger partial charge in [-0.1, -0.05) is 24.3 Å². The molecular weight excluding hydrogens is 330 g/mol. The van der Waals surface area contributed by atoms with Gasteiger partial charge in [0.1, 0.15) is 0 Å². The summed E-state index contributed by atoms with van der Waals surface area (Å²) in [4.78, 5) is 25.1. The molecule has 0 radical (unpaired) electrons. The number of amides is 1. The molecule has 0 aromatic heterocycles. The van der Waals surface area contributed by atoms with Gasteiger partial charge in [-0.15, -0.1) is 0 Å². The fraction of sp³-hybridized carbons (Fsp3) is 0.350. The Labute approximate surface area is 153 Å². The minimum atomic E-state index is -0.458. The van der Waals surface area contributed by atoms with Crippen LogP contribution in [0.3, 0.4) is 0 Å². The first-order valence-electron chi connectivity index (χ1n) is 8.92. The lowest BCUT2D eigenvalue weighted by atomic mass is 10.0. The second-order valence-electron chi connectivity index (χ2n) is 6.59. The molecule has 1 N–H and O–H groups in total. The van der Waals surface area contributed by atoms with E-state index in [0.717, 1.165) is 32.4 Å². The molecule has 1 aliphatic heterocycles. The van der Waals surface area contributed by atoms with E-state index in [1.54, 1.807) is 19.1 Å². The van der Waals surface area contributed by atoms with E-state index in [-0.39, 0.29) is 11.6 Å². The third kappa shape index (κ3) is 4.02. The van der Waals surface area contributed by atoms with Crippen LogP contribution in [-0.2, 0) is 6.42 Å². The maximum atomic E-state index is 12.2. The molecule has 2 aromatic rings.